The van der Waals surface area contributed by atoms with Gasteiger partial charge in [-0.1, -0.05) is 48.0 Å². The van der Waals surface area contributed by atoms with Crippen molar-refractivity contribution < 1.29 is 9.90 Å². The number of hydrogen-bond donors (Lipinski definition) is 2. The third kappa shape index (κ3) is 3.39. The van der Waals surface area contributed by atoms with Crippen LogP contribution in [0.4, 0.5) is 5.69 Å². The molecule has 0 saturated heterocycles. The molecule has 5 heteroatoms. The van der Waals surface area contributed by atoms with E-state index >= 15 is 0 Å². The molecule has 3 aromatic rings. The second-order valence-electron chi connectivity index (χ2n) is 5.37. The molecule has 0 atom stereocenters. The van der Waals surface area contributed by atoms with Gasteiger partial charge in [0.05, 0.1) is 22.0 Å². The molecule has 0 unspecified atom stereocenters. The number of fused-ring (bicyclic) bond motifs is 1. The van der Waals surface area contributed by atoms with Gasteiger partial charge in [0.15, 0.2) is 0 Å². The van der Waals surface area contributed by atoms with Crippen molar-refractivity contribution in [3.63, 3.8) is 0 Å². The van der Waals surface area contributed by atoms with Crippen LogP contribution < -0.4 is 5.43 Å². The predicted molar refractivity (Wildman–Crippen MR) is 98.2 cm³/mol. The van der Waals surface area contributed by atoms with E-state index in [4.69, 9.17) is 16.7 Å². The van der Waals surface area contributed by atoms with E-state index in [9.17, 15) is 4.79 Å². The number of nitrogens with one attached hydrogen (secondary N) is 1. The molecule has 0 aliphatic rings. The lowest BCUT2D eigenvalue weighted by Crippen LogP contribution is -2.02. The van der Waals surface area contributed by atoms with Crippen LogP contribution in [-0.2, 0) is 0 Å². The van der Waals surface area contributed by atoms with Crippen LogP contribution in [0.25, 0.3) is 10.8 Å². The van der Waals surface area contributed by atoms with Crippen molar-refractivity contribution in [1.82, 2.24) is 0 Å². The first-order chi connectivity index (χ1) is 11.5. The van der Waals surface area contributed by atoms with Gasteiger partial charge in [-0.25, -0.2) is 4.79 Å². The standard InChI is InChI=1S/C19H15ClN2O2/c1-12(14-7-6-13-4-2-3-5-15(13)10-14)21-22-16-8-9-18(20)17(11-16)19(23)24/h2-11,22H,1H3,(H,23,24)/b21-12+. The SMILES string of the molecule is C/C(=N\Nc1ccc(Cl)c(C(=O)O)c1)c1ccc2ccccc2c1. The van der Waals surface area contributed by atoms with E-state index in [2.05, 4.69) is 34.8 Å². The highest BCUT2D eigenvalue weighted by Crippen LogP contribution is 2.21. The molecular formula is C19H15ClN2O2. The van der Waals surface area contributed by atoms with E-state index in [1.165, 1.54) is 17.5 Å². The van der Waals surface area contributed by atoms with E-state index in [0.29, 0.717) is 5.69 Å². The van der Waals surface area contributed by atoms with Crippen LogP contribution >= 0.6 is 11.6 Å². The lowest BCUT2D eigenvalue weighted by molar-refractivity contribution is 0.0697. The Morgan fingerprint density at radius 1 is 1.04 bits per heavy atom. The fraction of sp³-hybridized carbons (Fsp3) is 0.0526. The number of nitrogens with zero attached hydrogens (tertiary/aromatic N) is 1. The van der Waals surface area contributed by atoms with Gasteiger partial charge in [-0.15, -0.1) is 0 Å². The quantitative estimate of drug-likeness (QED) is 0.518. The topological polar surface area (TPSA) is 61.7 Å². The van der Waals surface area contributed by atoms with Crippen LogP contribution in [0.1, 0.15) is 22.8 Å². The van der Waals surface area contributed by atoms with Crippen LogP contribution in [-0.4, -0.2) is 16.8 Å². The average Bonchev–Trinajstić information content (AvgIpc) is 2.60. The molecule has 0 radical (unpaired) electrons. The first kappa shape index (κ1) is 16.0. The number of aromatic carboxylic acids is 1. The average molecular weight is 339 g/mol. The zero-order chi connectivity index (χ0) is 17.1. The molecule has 0 spiro atoms. The molecule has 0 fully saturated rings. The lowest BCUT2D eigenvalue weighted by Gasteiger charge is -2.07. The Kier molecular flexibility index (Phi) is 4.49. The van der Waals surface area contributed by atoms with Crippen molar-refractivity contribution in [2.24, 2.45) is 5.10 Å². The van der Waals surface area contributed by atoms with Crippen molar-refractivity contribution in [3.05, 3.63) is 76.8 Å². The normalized spacial score (nSPS) is 11.5. The Hall–Kier alpha value is -2.85. The third-order valence-corrected chi connectivity index (χ3v) is 4.05. The Labute approximate surface area is 144 Å². The zero-order valence-electron chi connectivity index (χ0n) is 13.0. The highest BCUT2D eigenvalue weighted by molar-refractivity contribution is 6.33. The van der Waals surface area contributed by atoms with Crippen LogP contribution in [0.3, 0.4) is 0 Å². The number of carboxylic acid groups (broad SMARTS) is 1. The summed E-state index contributed by atoms with van der Waals surface area (Å²) in [6, 6.07) is 18.9. The Morgan fingerprint density at radius 3 is 2.54 bits per heavy atom. The van der Waals surface area contributed by atoms with Crippen molar-refractivity contribution in [2.45, 2.75) is 6.92 Å². The first-order valence-corrected chi connectivity index (χ1v) is 7.75. The summed E-state index contributed by atoms with van der Waals surface area (Å²) < 4.78 is 0. The highest BCUT2D eigenvalue weighted by atomic mass is 35.5. The molecule has 24 heavy (non-hydrogen) atoms. The summed E-state index contributed by atoms with van der Waals surface area (Å²) in [6.45, 7) is 1.89. The van der Waals surface area contributed by atoms with Gasteiger partial charge < -0.3 is 5.11 Å². The summed E-state index contributed by atoms with van der Waals surface area (Å²) in [4.78, 5) is 11.1. The van der Waals surface area contributed by atoms with Crippen molar-refractivity contribution >= 4 is 39.7 Å². The maximum absolute atomic E-state index is 11.1. The number of benzene rings is 3. The summed E-state index contributed by atoms with van der Waals surface area (Å²) in [5.41, 5.74) is 5.28. The van der Waals surface area contributed by atoms with Gasteiger partial charge in [0.1, 0.15) is 0 Å². The molecule has 3 aromatic carbocycles. The minimum atomic E-state index is -1.07. The highest BCUT2D eigenvalue weighted by Gasteiger charge is 2.09. The fourth-order valence-corrected chi connectivity index (χ4v) is 2.58. The molecule has 3 rings (SSSR count). The molecule has 0 aliphatic carbocycles. The second-order valence-corrected chi connectivity index (χ2v) is 5.78. The van der Waals surface area contributed by atoms with Crippen LogP contribution in [0.5, 0.6) is 0 Å². The Morgan fingerprint density at radius 2 is 1.79 bits per heavy atom. The number of rotatable bonds is 4. The lowest BCUT2D eigenvalue weighted by atomic mass is 10.0. The van der Waals surface area contributed by atoms with Crippen molar-refractivity contribution in [1.29, 1.82) is 0 Å². The van der Waals surface area contributed by atoms with E-state index < -0.39 is 5.97 Å². The summed E-state index contributed by atoms with van der Waals surface area (Å²) >= 11 is 5.86. The first-order valence-electron chi connectivity index (χ1n) is 7.37. The number of anilines is 1. The van der Waals surface area contributed by atoms with Crippen LogP contribution in [0.2, 0.25) is 5.02 Å². The van der Waals surface area contributed by atoms with Gasteiger partial charge in [-0.3, -0.25) is 5.43 Å². The minimum absolute atomic E-state index is 0.0419. The number of hydrazone groups is 1. The molecule has 0 bridgehead atoms. The van der Waals surface area contributed by atoms with Crippen LogP contribution in [0, 0.1) is 0 Å². The monoisotopic (exact) mass is 338 g/mol. The molecule has 4 nitrogen and oxygen atoms in total. The van der Waals surface area contributed by atoms with Gasteiger partial charge in [-0.05, 0) is 47.5 Å². The Balaban J connectivity index is 1.85. The summed E-state index contributed by atoms with van der Waals surface area (Å²) in [7, 11) is 0. The molecule has 2 N–H and O–H groups in total. The predicted octanol–water partition coefficient (Wildman–Crippen LogP) is 5.03. The molecule has 0 amide bonds. The van der Waals surface area contributed by atoms with Crippen molar-refractivity contribution in [3.8, 4) is 0 Å². The van der Waals surface area contributed by atoms with E-state index in [1.807, 2.05) is 25.1 Å². The minimum Gasteiger partial charge on any atom is -0.478 e. The molecule has 0 aromatic heterocycles. The van der Waals surface area contributed by atoms with E-state index in [-0.39, 0.29) is 10.6 Å². The molecule has 120 valence electrons. The van der Waals surface area contributed by atoms with E-state index in [1.54, 1.807) is 6.07 Å². The van der Waals surface area contributed by atoms with E-state index in [0.717, 1.165) is 16.7 Å². The maximum Gasteiger partial charge on any atom is 0.337 e. The maximum atomic E-state index is 11.1. The fourth-order valence-electron chi connectivity index (χ4n) is 2.39. The van der Waals surface area contributed by atoms with Gasteiger partial charge in [0.25, 0.3) is 0 Å². The number of carboxylic acids is 1. The Bertz CT molecular complexity index is 951. The van der Waals surface area contributed by atoms with Crippen molar-refractivity contribution in [2.75, 3.05) is 5.43 Å². The molecule has 0 saturated carbocycles. The van der Waals surface area contributed by atoms with Crippen LogP contribution in [0.15, 0.2) is 65.8 Å². The zero-order valence-corrected chi connectivity index (χ0v) is 13.7. The van der Waals surface area contributed by atoms with Gasteiger partial charge >= 0.3 is 5.97 Å². The molecular weight excluding hydrogens is 324 g/mol. The number of carbonyl (C=O) groups is 1. The second kappa shape index (κ2) is 6.72. The van der Waals surface area contributed by atoms with Gasteiger partial charge in [0.2, 0.25) is 0 Å². The largest absolute Gasteiger partial charge is 0.478 e. The number of hydrogen-bond acceptors (Lipinski definition) is 3. The smallest absolute Gasteiger partial charge is 0.337 e. The molecule has 0 aliphatic heterocycles. The third-order valence-electron chi connectivity index (χ3n) is 3.72. The van der Waals surface area contributed by atoms with Gasteiger partial charge in [-0.2, -0.15) is 5.10 Å². The summed E-state index contributed by atoms with van der Waals surface area (Å²) in [5.74, 6) is -1.07. The summed E-state index contributed by atoms with van der Waals surface area (Å²) in [5, 5.41) is 15.9. The van der Waals surface area contributed by atoms with Gasteiger partial charge in [0, 0.05) is 0 Å². The molecule has 0 heterocycles. The number of halogens is 1. The summed E-state index contributed by atoms with van der Waals surface area (Å²) in [6.07, 6.45) is 0.